The van der Waals surface area contributed by atoms with E-state index < -0.39 is 12.0 Å². The highest BCUT2D eigenvalue weighted by atomic mass is 35.5. The number of carboxylic acids is 1. The zero-order chi connectivity index (χ0) is 13.9. The van der Waals surface area contributed by atoms with Gasteiger partial charge in [0.25, 0.3) is 5.91 Å². The third kappa shape index (κ3) is 3.60. The summed E-state index contributed by atoms with van der Waals surface area (Å²) in [6.45, 7) is 3.90. The van der Waals surface area contributed by atoms with Crippen molar-refractivity contribution in [1.29, 1.82) is 0 Å². The van der Waals surface area contributed by atoms with Crippen LogP contribution in [-0.2, 0) is 4.79 Å². The Labute approximate surface area is 119 Å². The lowest BCUT2D eigenvalue weighted by Crippen LogP contribution is -2.39. The Balaban J connectivity index is 2.92. The summed E-state index contributed by atoms with van der Waals surface area (Å²) in [5.74, 6) is -1.23. The number of carboxylic acid groups (broad SMARTS) is 1. The van der Waals surface area contributed by atoms with Gasteiger partial charge in [0.1, 0.15) is 4.34 Å². The first-order chi connectivity index (χ1) is 8.36. The van der Waals surface area contributed by atoms with Gasteiger partial charge in [-0.3, -0.25) is 9.59 Å². The standard InChI is InChI=1S/C11H13Cl2NO3S/c1-3-14(6(2)4-9(15)16)11(17)7-5-8(12)18-10(7)13/h5-6H,3-4H2,1-2H3,(H,15,16). The van der Waals surface area contributed by atoms with Gasteiger partial charge >= 0.3 is 5.97 Å². The molecule has 0 saturated heterocycles. The van der Waals surface area contributed by atoms with E-state index in [1.807, 2.05) is 0 Å². The predicted molar refractivity (Wildman–Crippen MR) is 72.8 cm³/mol. The molecule has 18 heavy (non-hydrogen) atoms. The molecule has 1 heterocycles. The maximum Gasteiger partial charge on any atom is 0.305 e. The van der Waals surface area contributed by atoms with E-state index in [-0.39, 0.29) is 12.3 Å². The summed E-state index contributed by atoms with van der Waals surface area (Å²) in [7, 11) is 0. The minimum Gasteiger partial charge on any atom is -0.481 e. The average Bonchev–Trinajstić information content (AvgIpc) is 2.57. The van der Waals surface area contributed by atoms with Crippen molar-refractivity contribution in [2.75, 3.05) is 6.54 Å². The number of carbonyl (C=O) groups excluding carboxylic acids is 1. The number of aliphatic carboxylic acids is 1. The summed E-state index contributed by atoms with van der Waals surface area (Å²) >= 11 is 12.8. The van der Waals surface area contributed by atoms with Crippen LogP contribution < -0.4 is 0 Å². The van der Waals surface area contributed by atoms with E-state index in [0.717, 1.165) is 11.3 Å². The van der Waals surface area contributed by atoms with Gasteiger partial charge in [0, 0.05) is 12.6 Å². The van der Waals surface area contributed by atoms with Crippen LogP contribution in [0.15, 0.2) is 6.07 Å². The summed E-state index contributed by atoms with van der Waals surface area (Å²) in [4.78, 5) is 24.4. The zero-order valence-corrected chi connectivity index (χ0v) is 12.3. The van der Waals surface area contributed by atoms with Gasteiger partial charge in [0.15, 0.2) is 0 Å². The minimum atomic E-state index is -0.941. The van der Waals surface area contributed by atoms with Gasteiger partial charge in [-0.25, -0.2) is 0 Å². The molecule has 0 aliphatic rings. The molecule has 0 fully saturated rings. The van der Waals surface area contributed by atoms with E-state index in [1.54, 1.807) is 13.8 Å². The highest BCUT2D eigenvalue weighted by Gasteiger charge is 2.24. The highest BCUT2D eigenvalue weighted by molar-refractivity contribution is 7.20. The monoisotopic (exact) mass is 309 g/mol. The Hall–Kier alpha value is -0.780. The number of hydrogen-bond donors (Lipinski definition) is 1. The van der Waals surface area contributed by atoms with Gasteiger partial charge in [0.2, 0.25) is 0 Å². The Morgan fingerprint density at radius 3 is 2.50 bits per heavy atom. The third-order valence-corrected chi connectivity index (χ3v) is 3.98. The van der Waals surface area contributed by atoms with Crippen molar-refractivity contribution in [2.24, 2.45) is 0 Å². The first-order valence-corrected chi connectivity index (χ1v) is 6.91. The first kappa shape index (κ1) is 15.3. The van der Waals surface area contributed by atoms with E-state index in [2.05, 4.69) is 0 Å². The van der Waals surface area contributed by atoms with Crippen LogP contribution in [0.4, 0.5) is 0 Å². The fourth-order valence-corrected chi connectivity index (χ4v) is 3.11. The van der Waals surface area contributed by atoms with Gasteiger partial charge in [-0.05, 0) is 19.9 Å². The molecule has 0 aliphatic carbocycles. The second kappa shape index (κ2) is 6.41. The van der Waals surface area contributed by atoms with Crippen LogP contribution in [0.3, 0.4) is 0 Å². The summed E-state index contributed by atoms with van der Waals surface area (Å²) in [5.41, 5.74) is 0.325. The molecule has 1 rings (SSSR count). The number of amides is 1. The van der Waals surface area contributed by atoms with Crippen LogP contribution in [0.2, 0.25) is 8.67 Å². The Morgan fingerprint density at radius 2 is 2.11 bits per heavy atom. The van der Waals surface area contributed by atoms with Crippen LogP contribution in [0, 0.1) is 0 Å². The molecular formula is C11H13Cl2NO3S. The number of hydrogen-bond acceptors (Lipinski definition) is 3. The quantitative estimate of drug-likeness (QED) is 0.907. The van der Waals surface area contributed by atoms with E-state index >= 15 is 0 Å². The molecule has 1 aromatic heterocycles. The first-order valence-electron chi connectivity index (χ1n) is 5.34. The molecular weight excluding hydrogens is 297 g/mol. The zero-order valence-electron chi connectivity index (χ0n) is 9.94. The molecule has 0 aliphatic heterocycles. The molecule has 1 atom stereocenters. The summed E-state index contributed by atoms with van der Waals surface area (Å²) in [6, 6.07) is 1.11. The molecule has 0 saturated carbocycles. The van der Waals surface area contributed by atoms with Crippen LogP contribution >= 0.6 is 34.5 Å². The fourth-order valence-electron chi connectivity index (χ4n) is 1.66. The van der Waals surface area contributed by atoms with Gasteiger partial charge in [0.05, 0.1) is 16.3 Å². The van der Waals surface area contributed by atoms with Crippen LogP contribution in [0.5, 0.6) is 0 Å². The van der Waals surface area contributed by atoms with Crippen LogP contribution in [0.25, 0.3) is 0 Å². The molecule has 4 nitrogen and oxygen atoms in total. The van der Waals surface area contributed by atoms with Gasteiger partial charge < -0.3 is 10.0 Å². The van der Waals surface area contributed by atoms with E-state index in [0.29, 0.717) is 20.8 Å². The molecule has 1 aromatic rings. The molecule has 1 amide bonds. The second-order valence-corrected chi connectivity index (χ2v) is 6.06. The summed E-state index contributed by atoms with van der Waals surface area (Å²) in [6.07, 6.45) is -0.102. The Bertz CT molecular complexity index is 461. The van der Waals surface area contributed by atoms with Gasteiger partial charge in [-0.2, -0.15) is 0 Å². The second-order valence-electron chi connectivity index (χ2n) is 3.78. The predicted octanol–water partition coefficient (Wildman–Crippen LogP) is 3.38. The van der Waals surface area contributed by atoms with Crippen molar-refractivity contribution in [2.45, 2.75) is 26.3 Å². The molecule has 7 heteroatoms. The SMILES string of the molecule is CCN(C(=O)c1cc(Cl)sc1Cl)C(C)CC(=O)O. The van der Waals surface area contributed by atoms with Crippen molar-refractivity contribution in [3.8, 4) is 0 Å². The number of halogens is 2. The van der Waals surface area contributed by atoms with Crippen molar-refractivity contribution in [3.63, 3.8) is 0 Å². The number of thiophene rings is 1. The lowest BCUT2D eigenvalue weighted by molar-refractivity contribution is -0.138. The molecule has 0 radical (unpaired) electrons. The minimum absolute atomic E-state index is 0.102. The summed E-state index contributed by atoms with van der Waals surface area (Å²) in [5, 5.41) is 8.76. The Morgan fingerprint density at radius 1 is 1.50 bits per heavy atom. The topological polar surface area (TPSA) is 57.6 Å². The maximum atomic E-state index is 12.2. The normalized spacial score (nSPS) is 12.2. The lowest BCUT2D eigenvalue weighted by Gasteiger charge is -2.26. The highest BCUT2D eigenvalue weighted by Crippen LogP contribution is 2.32. The van der Waals surface area contributed by atoms with Crippen LogP contribution in [0.1, 0.15) is 30.6 Å². The summed E-state index contributed by atoms with van der Waals surface area (Å²) < 4.78 is 0.760. The third-order valence-electron chi connectivity index (χ3n) is 2.49. The molecule has 1 N–H and O–H groups in total. The van der Waals surface area contributed by atoms with Crippen LogP contribution in [-0.4, -0.2) is 34.5 Å². The molecule has 1 unspecified atom stereocenters. The van der Waals surface area contributed by atoms with Crippen molar-refractivity contribution in [1.82, 2.24) is 4.90 Å². The van der Waals surface area contributed by atoms with Crippen molar-refractivity contribution in [3.05, 3.63) is 20.3 Å². The maximum absolute atomic E-state index is 12.2. The van der Waals surface area contributed by atoms with Crippen molar-refractivity contribution >= 4 is 46.4 Å². The lowest BCUT2D eigenvalue weighted by atomic mass is 10.1. The van der Waals surface area contributed by atoms with E-state index in [1.165, 1.54) is 11.0 Å². The molecule has 100 valence electrons. The number of carbonyl (C=O) groups is 2. The van der Waals surface area contributed by atoms with Crippen molar-refractivity contribution < 1.29 is 14.7 Å². The van der Waals surface area contributed by atoms with E-state index in [9.17, 15) is 9.59 Å². The van der Waals surface area contributed by atoms with Gasteiger partial charge in [-0.1, -0.05) is 23.2 Å². The smallest absolute Gasteiger partial charge is 0.305 e. The Kier molecular flexibility index (Phi) is 5.44. The molecule has 0 aromatic carbocycles. The average molecular weight is 310 g/mol. The number of nitrogens with zero attached hydrogens (tertiary/aromatic N) is 1. The van der Waals surface area contributed by atoms with E-state index in [4.69, 9.17) is 28.3 Å². The largest absolute Gasteiger partial charge is 0.481 e. The van der Waals surface area contributed by atoms with Gasteiger partial charge in [-0.15, -0.1) is 11.3 Å². The molecule has 0 bridgehead atoms. The number of rotatable bonds is 5. The fraction of sp³-hybridized carbons (Fsp3) is 0.455. The molecule has 0 spiro atoms.